The molecule has 236 valence electrons. The molecule has 0 aliphatic rings. The summed E-state index contributed by atoms with van der Waals surface area (Å²) in [5.74, 6) is 3.61. The molecule has 0 spiro atoms. The fourth-order valence-corrected chi connectivity index (χ4v) is 6.32. The summed E-state index contributed by atoms with van der Waals surface area (Å²) in [6.07, 6.45) is -0.127. The van der Waals surface area contributed by atoms with Crippen molar-refractivity contribution in [3.05, 3.63) is 120 Å². The summed E-state index contributed by atoms with van der Waals surface area (Å²) in [7, 11) is 1.78. The van der Waals surface area contributed by atoms with E-state index in [0.717, 1.165) is 67.4 Å². The molecule has 0 bridgehead atoms. The third kappa shape index (κ3) is 6.50. The van der Waals surface area contributed by atoms with Gasteiger partial charge in [-0.25, -0.2) is 19.9 Å². The molecular weight excluding hydrogens is 588 g/mol. The van der Waals surface area contributed by atoms with E-state index < -0.39 is 0 Å². The first kappa shape index (κ1) is 29.1. The number of nitrogens with zero attached hydrogens (tertiary/aromatic N) is 6. The molecule has 0 aliphatic carbocycles. The second-order valence-corrected chi connectivity index (χ2v) is 12.0. The number of benzene rings is 4. The van der Waals surface area contributed by atoms with Crippen LogP contribution in [0.2, 0.25) is 0 Å². The molecule has 11 heteroatoms. The Balaban J connectivity index is 1.06. The van der Waals surface area contributed by atoms with Gasteiger partial charge in [0.05, 0.1) is 76.4 Å². The molecule has 0 amide bonds. The average molecular weight is 625 g/mol. The molecular formula is C36H36N10O. The van der Waals surface area contributed by atoms with Crippen molar-refractivity contribution in [3.63, 3.8) is 0 Å². The minimum absolute atomic E-state index is 0.127. The lowest BCUT2D eigenvalue weighted by Crippen LogP contribution is -2.41. The molecule has 4 aromatic carbocycles. The average Bonchev–Trinajstić information content (AvgIpc) is 3.87. The van der Waals surface area contributed by atoms with Gasteiger partial charge >= 0.3 is 0 Å². The van der Waals surface area contributed by atoms with Crippen LogP contribution in [0.25, 0.3) is 44.1 Å². The van der Waals surface area contributed by atoms with Crippen LogP contribution in [0, 0.1) is 0 Å². The quantitative estimate of drug-likeness (QED) is 0.125. The molecule has 0 aliphatic heterocycles. The van der Waals surface area contributed by atoms with Crippen molar-refractivity contribution in [1.82, 2.24) is 49.7 Å². The molecule has 8 aromatic rings. The van der Waals surface area contributed by atoms with E-state index >= 15 is 0 Å². The Morgan fingerprint density at radius 2 is 0.745 bits per heavy atom. The Hall–Kier alpha value is -5.36. The van der Waals surface area contributed by atoms with Crippen molar-refractivity contribution in [2.45, 2.75) is 32.3 Å². The fraction of sp³-hybridized carbons (Fsp3) is 0.222. The lowest BCUT2D eigenvalue weighted by atomic mass is 10.2. The van der Waals surface area contributed by atoms with Crippen LogP contribution in [-0.4, -0.2) is 76.0 Å². The number of nitrogens with one attached hydrogen (secondary N) is 4. The Kier molecular flexibility index (Phi) is 7.92. The lowest BCUT2D eigenvalue weighted by molar-refractivity contribution is 0.0248. The van der Waals surface area contributed by atoms with Gasteiger partial charge in [-0.05, 0) is 48.5 Å². The summed E-state index contributed by atoms with van der Waals surface area (Å²) < 4.78 is 6.19. The first-order chi connectivity index (χ1) is 23.1. The molecule has 0 radical (unpaired) electrons. The molecule has 8 rings (SSSR count). The number of aromatic amines is 4. The Morgan fingerprint density at radius 1 is 0.468 bits per heavy atom. The smallest absolute Gasteiger partial charge is 0.121 e. The minimum atomic E-state index is -0.127. The SMILES string of the molecule is COC(CN(Cc1nc2ccccc2[nH]1)Cc1nc2ccccc2[nH]1)CN(Cc1nc2ccccc2[nH]1)Cc1nc2ccccc2[nH]1. The summed E-state index contributed by atoms with van der Waals surface area (Å²) in [5, 5.41) is 0. The number of hydrogen-bond acceptors (Lipinski definition) is 7. The zero-order chi connectivity index (χ0) is 31.6. The van der Waals surface area contributed by atoms with E-state index in [9.17, 15) is 0 Å². The van der Waals surface area contributed by atoms with Crippen molar-refractivity contribution < 1.29 is 4.74 Å². The summed E-state index contributed by atoms with van der Waals surface area (Å²) >= 11 is 0. The minimum Gasteiger partial charge on any atom is -0.379 e. The van der Waals surface area contributed by atoms with E-state index in [1.54, 1.807) is 7.11 Å². The first-order valence-corrected chi connectivity index (χ1v) is 15.9. The van der Waals surface area contributed by atoms with Crippen molar-refractivity contribution in [2.24, 2.45) is 0 Å². The van der Waals surface area contributed by atoms with Crippen LogP contribution in [0.5, 0.6) is 0 Å². The monoisotopic (exact) mass is 624 g/mol. The van der Waals surface area contributed by atoms with Crippen molar-refractivity contribution in [1.29, 1.82) is 0 Å². The molecule has 0 fully saturated rings. The highest BCUT2D eigenvalue weighted by molar-refractivity contribution is 5.76. The van der Waals surface area contributed by atoms with Gasteiger partial charge < -0.3 is 24.7 Å². The van der Waals surface area contributed by atoms with Crippen molar-refractivity contribution in [3.8, 4) is 0 Å². The van der Waals surface area contributed by atoms with Crippen LogP contribution in [0.1, 0.15) is 23.3 Å². The predicted octanol–water partition coefficient (Wildman–Crippen LogP) is 5.91. The van der Waals surface area contributed by atoms with Crippen LogP contribution < -0.4 is 0 Å². The zero-order valence-corrected chi connectivity index (χ0v) is 26.1. The number of imidazole rings is 4. The maximum absolute atomic E-state index is 6.19. The molecule has 4 aromatic heterocycles. The van der Waals surface area contributed by atoms with Crippen LogP contribution in [0.15, 0.2) is 97.1 Å². The predicted molar refractivity (Wildman–Crippen MR) is 183 cm³/mol. The topological polar surface area (TPSA) is 130 Å². The number of ether oxygens (including phenoxy) is 1. The van der Waals surface area contributed by atoms with E-state index in [1.807, 2.05) is 72.8 Å². The molecule has 0 saturated carbocycles. The highest BCUT2D eigenvalue weighted by Gasteiger charge is 2.22. The zero-order valence-electron chi connectivity index (χ0n) is 26.1. The molecule has 4 N–H and O–H groups in total. The largest absolute Gasteiger partial charge is 0.379 e. The second-order valence-electron chi connectivity index (χ2n) is 12.0. The van der Waals surface area contributed by atoms with Crippen LogP contribution in [0.3, 0.4) is 0 Å². The number of methoxy groups -OCH3 is 1. The number of para-hydroxylation sites is 8. The van der Waals surface area contributed by atoms with Gasteiger partial charge in [0.1, 0.15) is 23.3 Å². The highest BCUT2D eigenvalue weighted by atomic mass is 16.5. The normalized spacial score (nSPS) is 12.3. The van der Waals surface area contributed by atoms with Crippen LogP contribution in [-0.2, 0) is 30.9 Å². The van der Waals surface area contributed by atoms with Gasteiger partial charge in [0, 0.05) is 20.2 Å². The van der Waals surface area contributed by atoms with Gasteiger partial charge in [-0.2, -0.15) is 0 Å². The van der Waals surface area contributed by atoms with Crippen LogP contribution in [0.4, 0.5) is 0 Å². The van der Waals surface area contributed by atoms with Gasteiger partial charge in [-0.1, -0.05) is 48.5 Å². The van der Waals surface area contributed by atoms with Gasteiger partial charge in [-0.15, -0.1) is 0 Å². The third-order valence-corrected chi connectivity index (χ3v) is 8.50. The number of aromatic nitrogens is 8. The molecule has 0 unspecified atom stereocenters. The summed E-state index contributed by atoms with van der Waals surface area (Å²) in [6.45, 7) is 3.75. The lowest BCUT2D eigenvalue weighted by Gasteiger charge is -2.29. The first-order valence-electron chi connectivity index (χ1n) is 15.9. The van der Waals surface area contributed by atoms with Crippen LogP contribution >= 0.6 is 0 Å². The molecule has 0 saturated heterocycles. The van der Waals surface area contributed by atoms with Gasteiger partial charge in [0.25, 0.3) is 0 Å². The Bertz CT molecular complexity index is 1820. The maximum Gasteiger partial charge on any atom is 0.121 e. The van der Waals surface area contributed by atoms with E-state index in [2.05, 4.69) is 54.0 Å². The molecule has 0 atom stereocenters. The van der Waals surface area contributed by atoms with Gasteiger partial charge in [0.2, 0.25) is 0 Å². The van der Waals surface area contributed by atoms with E-state index in [4.69, 9.17) is 24.7 Å². The summed E-state index contributed by atoms with van der Waals surface area (Å²) in [4.78, 5) is 38.2. The van der Waals surface area contributed by atoms with E-state index in [1.165, 1.54) is 0 Å². The van der Waals surface area contributed by atoms with E-state index in [-0.39, 0.29) is 6.10 Å². The van der Waals surface area contributed by atoms with Crippen molar-refractivity contribution >= 4 is 44.1 Å². The molecule has 47 heavy (non-hydrogen) atoms. The molecule has 4 heterocycles. The van der Waals surface area contributed by atoms with Crippen molar-refractivity contribution in [2.75, 3.05) is 20.2 Å². The summed E-state index contributed by atoms with van der Waals surface area (Å²) in [6, 6.07) is 32.5. The standard InChI is InChI=1S/C36H36N10O/c1-47-24(18-45(20-33-37-25-10-2-3-11-26(25)38-33)21-34-39-27-12-4-5-13-28(27)40-34)19-46(22-35-41-29-14-6-7-15-30(29)42-35)23-36-43-31-16-8-9-17-32(31)44-36/h2-17,24H,18-23H2,1H3,(H,37,38)(H,39,40)(H,41,42)(H,43,44). The van der Waals surface area contributed by atoms with Gasteiger partial charge in [0.15, 0.2) is 0 Å². The second kappa shape index (κ2) is 12.8. The number of hydrogen-bond donors (Lipinski definition) is 4. The van der Waals surface area contributed by atoms with E-state index in [0.29, 0.717) is 39.3 Å². The Labute approximate surface area is 271 Å². The summed E-state index contributed by atoms with van der Waals surface area (Å²) in [5.41, 5.74) is 7.92. The number of fused-ring (bicyclic) bond motifs is 4. The maximum atomic E-state index is 6.19. The highest BCUT2D eigenvalue weighted by Crippen LogP contribution is 2.19. The Morgan fingerprint density at radius 3 is 1.00 bits per heavy atom. The fourth-order valence-electron chi connectivity index (χ4n) is 6.32. The van der Waals surface area contributed by atoms with Gasteiger partial charge in [-0.3, -0.25) is 9.80 Å². The number of rotatable bonds is 13. The molecule has 11 nitrogen and oxygen atoms in total. The third-order valence-electron chi connectivity index (χ3n) is 8.50. The number of H-pyrrole nitrogens is 4.